The molecule has 0 fully saturated rings. The molecule has 0 aliphatic rings. The Morgan fingerprint density at radius 2 is 1.88 bits per heavy atom. The van der Waals surface area contributed by atoms with Gasteiger partial charge in [-0.2, -0.15) is 0 Å². The molecule has 2 rings (SSSR count). The van der Waals surface area contributed by atoms with Crippen molar-refractivity contribution in [2.45, 2.75) is 39.5 Å². The molecular weight excluding hydrogens is 373 g/mol. The van der Waals surface area contributed by atoms with E-state index in [0.29, 0.717) is 41.3 Å². The van der Waals surface area contributed by atoms with Crippen LogP contribution in [0.15, 0.2) is 36.4 Å². The molecule has 0 radical (unpaired) electrons. The highest BCUT2D eigenvalue weighted by atomic mass is 35.5. The van der Waals surface area contributed by atoms with Crippen LogP contribution < -0.4 is 14.8 Å². The molecule has 2 aromatic rings. The normalized spacial score (nSPS) is 12.0. The molecule has 0 aliphatic heterocycles. The number of rotatable bonds is 10. The molecule has 0 aliphatic carbocycles. The average Bonchev–Trinajstić information content (AvgIpc) is 2.62. The van der Waals surface area contributed by atoms with Gasteiger partial charge < -0.3 is 19.9 Å². The van der Waals surface area contributed by atoms with E-state index in [1.165, 1.54) is 0 Å². The number of aliphatic hydroxyl groups is 1. The zero-order chi connectivity index (χ0) is 18.9. The Hall–Kier alpha value is -1.46. The molecule has 1 atom stereocenters. The lowest BCUT2D eigenvalue weighted by Gasteiger charge is -2.17. The lowest BCUT2D eigenvalue weighted by atomic mass is 10.1. The third kappa shape index (κ3) is 6.06. The largest absolute Gasteiger partial charge is 0.490 e. The number of halogens is 2. The molecule has 0 spiro atoms. The Bertz CT molecular complexity index is 705. The van der Waals surface area contributed by atoms with Crippen LogP contribution in [0, 0.1) is 0 Å². The second-order valence-electron chi connectivity index (χ2n) is 5.93. The van der Waals surface area contributed by atoms with Gasteiger partial charge in [0.25, 0.3) is 0 Å². The topological polar surface area (TPSA) is 50.7 Å². The molecular formula is C20H25Cl2NO3. The summed E-state index contributed by atoms with van der Waals surface area (Å²) in [7, 11) is 0. The molecule has 0 saturated carbocycles. The van der Waals surface area contributed by atoms with Gasteiger partial charge in [0.05, 0.1) is 18.2 Å². The molecule has 142 valence electrons. The van der Waals surface area contributed by atoms with Crippen molar-refractivity contribution in [2.24, 2.45) is 0 Å². The van der Waals surface area contributed by atoms with E-state index < -0.39 is 0 Å². The SMILES string of the molecule is CCOc1cc(CN[C@@H](CC)CO)cc(Cl)c1OCc1cccc(Cl)c1. The molecule has 0 unspecified atom stereocenters. The summed E-state index contributed by atoms with van der Waals surface area (Å²) in [5.41, 5.74) is 1.93. The minimum atomic E-state index is 0.0584. The Morgan fingerprint density at radius 3 is 2.54 bits per heavy atom. The van der Waals surface area contributed by atoms with Gasteiger partial charge in [0.2, 0.25) is 0 Å². The van der Waals surface area contributed by atoms with E-state index in [1.54, 1.807) is 0 Å². The third-order valence-corrected chi connectivity index (χ3v) is 4.47. The van der Waals surface area contributed by atoms with Crippen LogP contribution in [0.4, 0.5) is 0 Å². The maximum Gasteiger partial charge on any atom is 0.180 e. The molecule has 0 saturated heterocycles. The van der Waals surface area contributed by atoms with Crippen molar-refractivity contribution in [2.75, 3.05) is 13.2 Å². The summed E-state index contributed by atoms with van der Waals surface area (Å²) in [6, 6.07) is 11.3. The van der Waals surface area contributed by atoms with Gasteiger partial charge >= 0.3 is 0 Å². The number of aliphatic hydroxyl groups excluding tert-OH is 1. The first kappa shape index (κ1) is 20.8. The average molecular weight is 398 g/mol. The third-order valence-electron chi connectivity index (χ3n) is 3.95. The van der Waals surface area contributed by atoms with E-state index in [1.807, 2.05) is 50.2 Å². The number of benzene rings is 2. The monoisotopic (exact) mass is 397 g/mol. The van der Waals surface area contributed by atoms with Crippen LogP contribution in [-0.2, 0) is 13.2 Å². The van der Waals surface area contributed by atoms with Crippen LogP contribution in [0.3, 0.4) is 0 Å². The Balaban J connectivity index is 2.14. The summed E-state index contributed by atoms with van der Waals surface area (Å²) in [4.78, 5) is 0. The predicted molar refractivity (Wildman–Crippen MR) is 106 cm³/mol. The van der Waals surface area contributed by atoms with E-state index in [-0.39, 0.29) is 12.6 Å². The lowest BCUT2D eigenvalue weighted by molar-refractivity contribution is 0.238. The Kier molecular flexibility index (Phi) is 8.52. The van der Waals surface area contributed by atoms with Gasteiger partial charge in [-0.1, -0.05) is 42.3 Å². The fourth-order valence-corrected chi connectivity index (χ4v) is 3.01. The van der Waals surface area contributed by atoms with Gasteiger partial charge in [-0.25, -0.2) is 0 Å². The molecule has 0 bridgehead atoms. The minimum absolute atomic E-state index is 0.0584. The predicted octanol–water partition coefficient (Wildman–Crippen LogP) is 4.83. The van der Waals surface area contributed by atoms with E-state index >= 15 is 0 Å². The highest BCUT2D eigenvalue weighted by Crippen LogP contribution is 2.37. The fourth-order valence-electron chi connectivity index (χ4n) is 2.51. The highest BCUT2D eigenvalue weighted by Gasteiger charge is 2.14. The molecule has 4 nitrogen and oxygen atoms in total. The second kappa shape index (κ2) is 10.6. The lowest BCUT2D eigenvalue weighted by Crippen LogP contribution is -2.31. The van der Waals surface area contributed by atoms with Gasteiger partial charge in [0, 0.05) is 17.6 Å². The van der Waals surface area contributed by atoms with Gasteiger partial charge in [0.1, 0.15) is 6.61 Å². The number of hydrogen-bond donors (Lipinski definition) is 2. The summed E-state index contributed by atoms with van der Waals surface area (Å²) >= 11 is 12.5. The van der Waals surface area contributed by atoms with Crippen LogP contribution in [0.2, 0.25) is 10.0 Å². The quantitative estimate of drug-likeness (QED) is 0.602. The van der Waals surface area contributed by atoms with Crippen LogP contribution in [0.1, 0.15) is 31.4 Å². The molecule has 0 aromatic heterocycles. The number of nitrogens with one attached hydrogen (secondary N) is 1. The minimum Gasteiger partial charge on any atom is -0.490 e. The van der Waals surface area contributed by atoms with E-state index in [9.17, 15) is 5.11 Å². The number of ether oxygens (including phenoxy) is 2. The highest BCUT2D eigenvalue weighted by molar-refractivity contribution is 6.32. The van der Waals surface area contributed by atoms with Gasteiger partial charge in [-0.05, 0) is 48.7 Å². The van der Waals surface area contributed by atoms with Crippen LogP contribution in [-0.4, -0.2) is 24.4 Å². The first-order chi connectivity index (χ1) is 12.6. The van der Waals surface area contributed by atoms with Gasteiger partial charge in [-0.3, -0.25) is 0 Å². The van der Waals surface area contributed by atoms with Crippen molar-refractivity contribution in [1.82, 2.24) is 5.32 Å². The Morgan fingerprint density at radius 1 is 1.08 bits per heavy atom. The maximum atomic E-state index is 9.30. The van der Waals surface area contributed by atoms with Crippen molar-refractivity contribution in [1.29, 1.82) is 0 Å². The molecule has 2 N–H and O–H groups in total. The van der Waals surface area contributed by atoms with Crippen LogP contribution in [0.25, 0.3) is 0 Å². The summed E-state index contributed by atoms with van der Waals surface area (Å²) in [5, 5.41) is 13.7. The zero-order valence-electron chi connectivity index (χ0n) is 15.1. The molecule has 6 heteroatoms. The molecule has 2 aromatic carbocycles. The second-order valence-corrected chi connectivity index (χ2v) is 6.77. The fraction of sp³-hybridized carbons (Fsp3) is 0.400. The zero-order valence-corrected chi connectivity index (χ0v) is 16.6. The van der Waals surface area contributed by atoms with Crippen molar-refractivity contribution < 1.29 is 14.6 Å². The first-order valence-electron chi connectivity index (χ1n) is 8.74. The smallest absolute Gasteiger partial charge is 0.180 e. The maximum absolute atomic E-state index is 9.30. The van der Waals surface area contributed by atoms with Crippen LogP contribution >= 0.6 is 23.2 Å². The summed E-state index contributed by atoms with van der Waals surface area (Å²) in [5.74, 6) is 1.13. The van der Waals surface area contributed by atoms with Crippen molar-refractivity contribution in [3.63, 3.8) is 0 Å². The van der Waals surface area contributed by atoms with Gasteiger partial charge in [0.15, 0.2) is 11.5 Å². The number of hydrogen-bond acceptors (Lipinski definition) is 4. The van der Waals surface area contributed by atoms with Crippen molar-refractivity contribution >= 4 is 23.2 Å². The van der Waals surface area contributed by atoms with Crippen molar-refractivity contribution in [3.05, 3.63) is 57.6 Å². The van der Waals surface area contributed by atoms with E-state index in [2.05, 4.69) is 5.32 Å². The van der Waals surface area contributed by atoms with E-state index in [4.69, 9.17) is 32.7 Å². The van der Waals surface area contributed by atoms with Crippen LogP contribution in [0.5, 0.6) is 11.5 Å². The molecule has 0 heterocycles. The summed E-state index contributed by atoms with van der Waals surface area (Å²) in [6.45, 7) is 5.49. The molecule has 26 heavy (non-hydrogen) atoms. The summed E-state index contributed by atoms with van der Waals surface area (Å²) in [6.07, 6.45) is 0.851. The molecule has 0 amide bonds. The van der Waals surface area contributed by atoms with Gasteiger partial charge in [-0.15, -0.1) is 0 Å². The Labute approximate surface area is 165 Å². The van der Waals surface area contributed by atoms with Crippen molar-refractivity contribution in [3.8, 4) is 11.5 Å². The van der Waals surface area contributed by atoms with E-state index in [0.717, 1.165) is 17.5 Å². The first-order valence-corrected chi connectivity index (χ1v) is 9.49. The standard InChI is InChI=1S/C20H25Cl2NO3/c1-3-17(12-24)23-11-15-9-18(22)20(19(10-15)25-4-2)26-13-14-6-5-7-16(21)8-14/h5-10,17,23-24H,3-4,11-13H2,1-2H3/t17-/m0/s1. The summed E-state index contributed by atoms with van der Waals surface area (Å²) < 4.78 is 11.6.